The molecule has 8 rings (SSSR count). The summed E-state index contributed by atoms with van der Waals surface area (Å²) in [6.07, 6.45) is 7.45. The molecule has 0 saturated carbocycles. The van der Waals surface area contributed by atoms with Gasteiger partial charge in [-0.05, 0) is 76.8 Å². The minimum atomic E-state index is -0.919. The number of benzene rings is 1. The Morgan fingerprint density at radius 3 is 2.26 bits per heavy atom. The molecule has 0 spiro atoms. The number of nitrogens with zero attached hydrogens (tertiary/aromatic N) is 11. The molecule has 0 bridgehead atoms. The van der Waals surface area contributed by atoms with Crippen LogP contribution in [-0.2, 0) is 26.2 Å². The Labute approximate surface area is 354 Å². The number of ether oxygens (including phenoxy) is 1. The molecule has 0 radical (unpaired) electrons. The Morgan fingerprint density at radius 1 is 0.839 bits per heavy atom. The third kappa shape index (κ3) is 7.88. The maximum absolute atomic E-state index is 13.6. The van der Waals surface area contributed by atoms with Gasteiger partial charge in [0.1, 0.15) is 28.3 Å². The van der Waals surface area contributed by atoms with Gasteiger partial charge in [0, 0.05) is 68.0 Å². The maximum atomic E-state index is 13.6. The number of nitrogens with one attached hydrogen (secondary N) is 1. The van der Waals surface area contributed by atoms with Crippen molar-refractivity contribution in [2.45, 2.75) is 66.7 Å². The van der Waals surface area contributed by atoms with Crippen molar-refractivity contribution in [1.82, 2.24) is 53.5 Å². The summed E-state index contributed by atoms with van der Waals surface area (Å²) < 4.78 is 13.6. The molecule has 62 heavy (non-hydrogen) atoms. The number of imidazole rings is 1. The van der Waals surface area contributed by atoms with Gasteiger partial charge in [-0.1, -0.05) is 12.2 Å². The number of allylic oxidation sites excluding steroid dienone is 2. The lowest BCUT2D eigenvalue weighted by molar-refractivity contribution is 0.0757. The Morgan fingerprint density at radius 2 is 1.55 bits per heavy atom. The van der Waals surface area contributed by atoms with Crippen LogP contribution in [0.5, 0.6) is 5.75 Å². The van der Waals surface area contributed by atoms with Crippen LogP contribution >= 0.6 is 0 Å². The van der Waals surface area contributed by atoms with Gasteiger partial charge in [0.2, 0.25) is 17.8 Å². The van der Waals surface area contributed by atoms with E-state index in [1.165, 1.54) is 17.2 Å². The molecule has 1 aliphatic rings. The van der Waals surface area contributed by atoms with E-state index in [-0.39, 0.29) is 36.1 Å². The van der Waals surface area contributed by atoms with Crippen LogP contribution in [0, 0.1) is 19.8 Å². The van der Waals surface area contributed by atoms with Crippen LogP contribution in [0.25, 0.3) is 44.6 Å². The van der Waals surface area contributed by atoms with Crippen LogP contribution in [-0.4, -0.2) is 102 Å². The highest BCUT2D eigenvalue weighted by molar-refractivity contribution is 6.12. The monoisotopic (exact) mass is 842 g/mol. The van der Waals surface area contributed by atoms with Gasteiger partial charge in [0.05, 0.1) is 29.1 Å². The van der Waals surface area contributed by atoms with E-state index in [0.717, 1.165) is 17.8 Å². The van der Waals surface area contributed by atoms with Crippen molar-refractivity contribution in [2.75, 3.05) is 25.0 Å². The van der Waals surface area contributed by atoms with Crippen LogP contribution < -0.4 is 21.5 Å². The molecule has 0 unspecified atom stereocenters. The first-order valence-corrected chi connectivity index (χ1v) is 20.3. The second-order valence-electron chi connectivity index (χ2n) is 15.2. The number of carbonyl (C=O) groups is 4. The lowest BCUT2D eigenvalue weighted by Crippen LogP contribution is -2.49. The molecule has 0 atom stereocenters. The number of aromatic nitrogens is 10. The van der Waals surface area contributed by atoms with E-state index in [9.17, 15) is 24.3 Å². The fourth-order valence-corrected chi connectivity index (χ4v) is 7.86. The van der Waals surface area contributed by atoms with Crippen molar-refractivity contribution < 1.29 is 29.0 Å². The fraction of sp³-hybridized carbons (Fsp3) is 0.333. The number of primary amides is 2. The lowest BCUT2D eigenvalue weighted by Gasteiger charge is -2.37. The van der Waals surface area contributed by atoms with Gasteiger partial charge < -0.3 is 30.8 Å². The van der Waals surface area contributed by atoms with Crippen molar-refractivity contribution in [3.05, 3.63) is 83.1 Å². The Hall–Kier alpha value is -7.64. The van der Waals surface area contributed by atoms with Crippen molar-refractivity contribution in [2.24, 2.45) is 17.4 Å². The molecule has 1 saturated heterocycles. The van der Waals surface area contributed by atoms with Gasteiger partial charge in [-0.25, -0.2) is 24.7 Å². The summed E-state index contributed by atoms with van der Waals surface area (Å²) in [5, 5.41) is 22.5. The van der Waals surface area contributed by atoms with Crippen molar-refractivity contribution in [3.8, 4) is 17.3 Å². The SMILES string of the molecule is CCn1nc(C)cc1C(=O)Nc1nc2cc(C(N)=O)cnc2n1C/C=C/Cn1c2nc(-c3cc(C)nn3CC)ncc2c2cc(C(N)=O)cc(OCCCC3CN(C(=O)O)C3)c21. The molecule has 1 fully saturated rings. The summed E-state index contributed by atoms with van der Waals surface area (Å²) in [6.45, 7) is 10.5. The standard InChI is InChI=1S/C42H46N14O6/c1-5-55-31(14-23(3)50-55)37-45-20-29-28-16-26(35(43)57)18-33(62-13-9-10-25-21-52(22-25)42(60)61)34(28)53(38(29)48-37)11-7-8-12-54-39-30(17-27(19-46-39)36(44)58)47-41(54)49-40(59)32-15-24(4)51-56(32)6-2/h7-8,14-20,25H,5-6,9-13,21-22H2,1-4H3,(H2,43,57)(H2,44,58)(H,60,61)(H,47,49,59)/b8-7+. The molecular formula is C42H46N14O6. The topological polar surface area (TPSA) is 262 Å². The van der Waals surface area contributed by atoms with Crippen molar-refractivity contribution >= 4 is 62.9 Å². The first-order valence-electron chi connectivity index (χ1n) is 20.3. The maximum Gasteiger partial charge on any atom is 0.407 e. The highest BCUT2D eigenvalue weighted by atomic mass is 16.5. The predicted octanol–water partition coefficient (Wildman–Crippen LogP) is 4.52. The van der Waals surface area contributed by atoms with E-state index < -0.39 is 23.8 Å². The molecule has 6 N–H and O–H groups in total. The van der Waals surface area contributed by atoms with Crippen LogP contribution in [0.1, 0.15) is 69.3 Å². The Bertz CT molecular complexity index is 2930. The number of anilines is 1. The Kier molecular flexibility index (Phi) is 11.1. The zero-order valence-corrected chi connectivity index (χ0v) is 34.7. The number of rotatable bonds is 16. The number of nitrogens with two attached hydrogens (primary N) is 2. The smallest absolute Gasteiger partial charge is 0.407 e. The average molecular weight is 843 g/mol. The molecule has 7 heterocycles. The van der Waals surface area contributed by atoms with E-state index in [2.05, 4.69) is 25.5 Å². The number of hydrogen-bond donors (Lipinski definition) is 4. The van der Waals surface area contributed by atoms with Gasteiger partial charge in [-0.2, -0.15) is 10.2 Å². The first kappa shape index (κ1) is 41.1. The molecule has 1 aliphatic heterocycles. The van der Waals surface area contributed by atoms with Gasteiger partial charge in [0.15, 0.2) is 11.5 Å². The molecule has 320 valence electrons. The average Bonchev–Trinajstić information content (AvgIpc) is 3.98. The number of carbonyl (C=O) groups excluding carboxylic acids is 3. The predicted molar refractivity (Wildman–Crippen MR) is 229 cm³/mol. The van der Waals surface area contributed by atoms with E-state index in [4.69, 9.17) is 26.2 Å². The molecule has 0 aliphatic carbocycles. The molecule has 6 aromatic heterocycles. The summed E-state index contributed by atoms with van der Waals surface area (Å²) in [7, 11) is 0. The zero-order valence-electron chi connectivity index (χ0n) is 34.7. The number of carboxylic acid groups (broad SMARTS) is 1. The van der Waals surface area contributed by atoms with E-state index in [0.29, 0.717) is 95.3 Å². The van der Waals surface area contributed by atoms with E-state index in [1.54, 1.807) is 33.6 Å². The quantitative estimate of drug-likeness (QED) is 0.0773. The Balaban J connectivity index is 1.16. The van der Waals surface area contributed by atoms with Gasteiger partial charge in [-0.15, -0.1) is 0 Å². The minimum Gasteiger partial charge on any atom is -0.491 e. The molecule has 20 heteroatoms. The number of pyridine rings is 1. The van der Waals surface area contributed by atoms with Crippen LogP contribution in [0.4, 0.5) is 10.7 Å². The zero-order chi connectivity index (χ0) is 43.8. The van der Waals surface area contributed by atoms with Crippen LogP contribution in [0.15, 0.2) is 54.9 Å². The van der Waals surface area contributed by atoms with E-state index in [1.807, 2.05) is 55.2 Å². The normalized spacial score (nSPS) is 13.1. The minimum absolute atomic E-state index is 0.172. The van der Waals surface area contributed by atoms with E-state index >= 15 is 0 Å². The van der Waals surface area contributed by atoms with Gasteiger partial charge in [0.25, 0.3) is 5.91 Å². The van der Waals surface area contributed by atoms with Crippen molar-refractivity contribution in [1.29, 1.82) is 0 Å². The molecule has 20 nitrogen and oxygen atoms in total. The van der Waals surface area contributed by atoms with Gasteiger partial charge in [-0.3, -0.25) is 33.6 Å². The second-order valence-corrected chi connectivity index (χ2v) is 15.2. The van der Waals surface area contributed by atoms with Crippen molar-refractivity contribution in [3.63, 3.8) is 0 Å². The largest absolute Gasteiger partial charge is 0.491 e. The van der Waals surface area contributed by atoms with Crippen LogP contribution in [0.3, 0.4) is 0 Å². The number of likely N-dealkylation sites (tertiary alicyclic amines) is 1. The molecule has 7 aromatic rings. The summed E-state index contributed by atoms with van der Waals surface area (Å²) in [4.78, 5) is 69.9. The highest BCUT2D eigenvalue weighted by Gasteiger charge is 2.30. The molecular weight excluding hydrogens is 797 g/mol. The lowest BCUT2D eigenvalue weighted by atomic mass is 9.95. The highest BCUT2D eigenvalue weighted by Crippen LogP contribution is 2.37. The second kappa shape index (κ2) is 16.8. The number of hydrogen-bond acceptors (Lipinski definition) is 11. The number of fused-ring (bicyclic) bond motifs is 4. The summed E-state index contributed by atoms with van der Waals surface area (Å²) in [5.74, 6) is -0.347. The van der Waals surface area contributed by atoms with Crippen LogP contribution in [0.2, 0.25) is 0 Å². The summed E-state index contributed by atoms with van der Waals surface area (Å²) >= 11 is 0. The summed E-state index contributed by atoms with van der Waals surface area (Å²) in [6, 6.07) is 8.50. The molecule has 1 aromatic carbocycles. The third-order valence-corrected chi connectivity index (χ3v) is 10.9. The number of aryl methyl sites for hydroxylation is 4. The molecule has 4 amide bonds. The summed E-state index contributed by atoms with van der Waals surface area (Å²) in [5.41, 5.74) is 16.5. The van der Waals surface area contributed by atoms with Gasteiger partial charge >= 0.3 is 6.09 Å². The fourth-order valence-electron chi connectivity index (χ4n) is 7.86. The first-order chi connectivity index (χ1) is 29.8. The third-order valence-electron chi connectivity index (χ3n) is 10.9. The number of amides is 4.